The van der Waals surface area contributed by atoms with Crippen molar-refractivity contribution < 1.29 is 0 Å². The maximum absolute atomic E-state index is 4.31. The van der Waals surface area contributed by atoms with E-state index in [0.717, 1.165) is 10.8 Å². The molecule has 1 aromatic carbocycles. The van der Waals surface area contributed by atoms with Gasteiger partial charge in [0.25, 0.3) is 0 Å². The zero-order chi connectivity index (χ0) is 13.9. The van der Waals surface area contributed by atoms with E-state index in [1.165, 1.54) is 63.4 Å². The second-order valence-corrected chi connectivity index (χ2v) is 6.38. The summed E-state index contributed by atoms with van der Waals surface area (Å²) in [6, 6.07) is 8.59. The van der Waals surface area contributed by atoms with Crippen LogP contribution in [0.3, 0.4) is 0 Å². The molecule has 0 aliphatic carbocycles. The van der Waals surface area contributed by atoms with Crippen LogP contribution >= 0.6 is 12.6 Å². The van der Waals surface area contributed by atoms with Crippen LogP contribution in [0.4, 0.5) is 0 Å². The van der Waals surface area contributed by atoms with Crippen LogP contribution in [0, 0.1) is 5.92 Å². The van der Waals surface area contributed by atoms with Crippen LogP contribution in [-0.2, 0) is 6.42 Å². The molecule has 0 nitrogen and oxygen atoms in total. The van der Waals surface area contributed by atoms with Gasteiger partial charge in [0.2, 0.25) is 0 Å². The zero-order valence-electron chi connectivity index (χ0n) is 12.7. The minimum absolute atomic E-state index is 0.926. The first-order valence-corrected chi connectivity index (χ1v) is 8.45. The average Bonchev–Trinajstić information content (AvgIpc) is 2.41. The van der Waals surface area contributed by atoms with Crippen molar-refractivity contribution in [3.63, 3.8) is 0 Å². The predicted molar refractivity (Wildman–Crippen MR) is 89.2 cm³/mol. The molecule has 0 radical (unpaired) electrons. The van der Waals surface area contributed by atoms with Crippen molar-refractivity contribution in [1.82, 2.24) is 0 Å². The van der Waals surface area contributed by atoms with Crippen LogP contribution in [0.1, 0.15) is 70.8 Å². The summed E-state index contributed by atoms with van der Waals surface area (Å²) in [5, 5.41) is 0. The minimum Gasteiger partial charge on any atom is -0.143 e. The van der Waals surface area contributed by atoms with Gasteiger partial charge < -0.3 is 0 Å². The third kappa shape index (κ3) is 8.36. The van der Waals surface area contributed by atoms with Crippen molar-refractivity contribution in [3.05, 3.63) is 29.8 Å². The summed E-state index contributed by atoms with van der Waals surface area (Å²) in [4.78, 5) is 1.06. The van der Waals surface area contributed by atoms with Gasteiger partial charge in [-0.1, -0.05) is 70.9 Å². The molecule has 0 saturated heterocycles. The summed E-state index contributed by atoms with van der Waals surface area (Å²) < 4.78 is 0. The highest BCUT2D eigenvalue weighted by atomic mass is 32.1. The summed E-state index contributed by atoms with van der Waals surface area (Å²) in [6.45, 7) is 4.70. The van der Waals surface area contributed by atoms with Crippen molar-refractivity contribution in [3.8, 4) is 0 Å². The van der Waals surface area contributed by atoms with Crippen molar-refractivity contribution in [2.75, 3.05) is 0 Å². The van der Waals surface area contributed by atoms with Crippen molar-refractivity contribution in [2.45, 2.75) is 76.5 Å². The van der Waals surface area contributed by atoms with Crippen LogP contribution in [0.15, 0.2) is 29.2 Å². The largest absolute Gasteiger partial charge is 0.143 e. The van der Waals surface area contributed by atoms with E-state index in [-0.39, 0.29) is 0 Å². The van der Waals surface area contributed by atoms with Gasteiger partial charge in [-0.15, -0.1) is 12.6 Å². The molecule has 0 amide bonds. The van der Waals surface area contributed by atoms with Gasteiger partial charge in [-0.2, -0.15) is 0 Å². The second kappa shape index (κ2) is 10.4. The number of hydrogen-bond donors (Lipinski definition) is 1. The van der Waals surface area contributed by atoms with Gasteiger partial charge in [-0.3, -0.25) is 0 Å². The highest BCUT2D eigenvalue weighted by molar-refractivity contribution is 7.80. The van der Waals surface area contributed by atoms with E-state index in [9.17, 15) is 0 Å². The molecule has 0 saturated carbocycles. The fourth-order valence-electron chi connectivity index (χ4n) is 2.55. The van der Waals surface area contributed by atoms with Crippen LogP contribution in [-0.4, -0.2) is 0 Å². The van der Waals surface area contributed by atoms with E-state index in [0.29, 0.717) is 0 Å². The summed E-state index contributed by atoms with van der Waals surface area (Å²) in [5.41, 5.74) is 1.45. The lowest BCUT2D eigenvalue weighted by molar-refractivity contribution is 0.440. The Morgan fingerprint density at radius 1 is 0.895 bits per heavy atom. The first-order valence-electron chi connectivity index (χ1n) is 8.00. The topological polar surface area (TPSA) is 0 Å². The molecule has 0 aliphatic rings. The number of thiol groups is 1. The molecule has 1 rings (SSSR count). The average molecular weight is 279 g/mol. The monoisotopic (exact) mass is 278 g/mol. The number of aryl methyl sites for hydroxylation is 1. The van der Waals surface area contributed by atoms with E-state index >= 15 is 0 Å². The maximum Gasteiger partial charge on any atom is 0.00401 e. The van der Waals surface area contributed by atoms with Gasteiger partial charge in [-0.05, 0) is 36.5 Å². The van der Waals surface area contributed by atoms with Crippen LogP contribution < -0.4 is 0 Å². The molecule has 0 bridgehead atoms. The van der Waals surface area contributed by atoms with Gasteiger partial charge in [0.1, 0.15) is 0 Å². The highest BCUT2D eigenvalue weighted by Crippen LogP contribution is 2.17. The number of hydrogen-bond acceptors (Lipinski definition) is 1. The van der Waals surface area contributed by atoms with E-state index in [2.05, 4.69) is 50.7 Å². The summed E-state index contributed by atoms with van der Waals surface area (Å²) in [6.07, 6.45) is 12.3. The van der Waals surface area contributed by atoms with E-state index in [4.69, 9.17) is 0 Å². The van der Waals surface area contributed by atoms with Crippen LogP contribution in [0.2, 0.25) is 0 Å². The SMILES string of the molecule is CCCCCC(C)CCCCCc1ccc(S)cc1. The van der Waals surface area contributed by atoms with E-state index < -0.39 is 0 Å². The molecule has 0 heterocycles. The zero-order valence-corrected chi connectivity index (χ0v) is 13.6. The molecule has 1 unspecified atom stereocenters. The molecule has 0 spiro atoms. The van der Waals surface area contributed by atoms with Crippen LogP contribution in [0.25, 0.3) is 0 Å². The fraction of sp³-hybridized carbons (Fsp3) is 0.667. The first kappa shape index (κ1) is 16.6. The Balaban J connectivity index is 2.00. The maximum atomic E-state index is 4.31. The smallest absolute Gasteiger partial charge is 0.00401 e. The minimum atomic E-state index is 0.926. The molecule has 1 aromatic rings. The van der Waals surface area contributed by atoms with Crippen molar-refractivity contribution in [2.24, 2.45) is 5.92 Å². The Kier molecular flexibility index (Phi) is 9.07. The van der Waals surface area contributed by atoms with Crippen molar-refractivity contribution >= 4 is 12.6 Å². The van der Waals surface area contributed by atoms with Gasteiger partial charge in [-0.25, -0.2) is 0 Å². The number of benzene rings is 1. The molecule has 1 atom stereocenters. The summed E-state index contributed by atoms with van der Waals surface area (Å²) in [5.74, 6) is 0.926. The quantitative estimate of drug-likeness (QED) is 0.377. The van der Waals surface area contributed by atoms with Crippen LogP contribution in [0.5, 0.6) is 0 Å². The Bertz CT molecular complexity index is 315. The molecule has 0 aromatic heterocycles. The molecule has 0 aliphatic heterocycles. The normalized spacial score (nSPS) is 12.6. The third-order valence-corrected chi connectivity index (χ3v) is 4.20. The Morgan fingerprint density at radius 3 is 2.16 bits per heavy atom. The fourth-order valence-corrected chi connectivity index (χ4v) is 2.70. The molecule has 1 heteroatoms. The lowest BCUT2D eigenvalue weighted by Gasteiger charge is -2.10. The van der Waals surface area contributed by atoms with Gasteiger partial charge in [0.05, 0.1) is 0 Å². The van der Waals surface area contributed by atoms with Gasteiger partial charge in [0, 0.05) is 4.90 Å². The Hall–Kier alpha value is -0.430. The Labute approximate surface area is 125 Å². The number of rotatable bonds is 10. The molecule has 0 fully saturated rings. The second-order valence-electron chi connectivity index (χ2n) is 5.87. The van der Waals surface area contributed by atoms with Crippen molar-refractivity contribution in [1.29, 1.82) is 0 Å². The van der Waals surface area contributed by atoms with Gasteiger partial charge in [0.15, 0.2) is 0 Å². The lowest BCUT2D eigenvalue weighted by atomic mass is 9.96. The first-order chi connectivity index (χ1) is 9.22. The molecular formula is C18H30S. The summed E-state index contributed by atoms with van der Waals surface area (Å²) in [7, 11) is 0. The standard InChI is InChI=1S/C18H30S/c1-3-4-6-9-16(2)10-7-5-8-11-17-12-14-18(19)15-13-17/h12-16,19H,3-11H2,1-2H3. The lowest BCUT2D eigenvalue weighted by Crippen LogP contribution is -1.95. The summed E-state index contributed by atoms with van der Waals surface area (Å²) >= 11 is 4.31. The highest BCUT2D eigenvalue weighted by Gasteiger charge is 2.01. The van der Waals surface area contributed by atoms with E-state index in [1.54, 1.807) is 0 Å². The predicted octanol–water partition coefficient (Wildman–Crippen LogP) is 6.29. The van der Waals surface area contributed by atoms with E-state index in [1.807, 2.05) is 0 Å². The molecule has 0 N–H and O–H groups in total. The molecule has 108 valence electrons. The Morgan fingerprint density at radius 2 is 1.53 bits per heavy atom. The molecular weight excluding hydrogens is 248 g/mol. The number of unbranched alkanes of at least 4 members (excludes halogenated alkanes) is 4. The molecule has 19 heavy (non-hydrogen) atoms. The third-order valence-electron chi connectivity index (χ3n) is 3.90. The van der Waals surface area contributed by atoms with Gasteiger partial charge >= 0.3 is 0 Å².